The minimum absolute atomic E-state index is 0.341. The van der Waals surface area contributed by atoms with Gasteiger partial charge in [-0.1, -0.05) is 59.1 Å². The Morgan fingerprint density at radius 1 is 0.612 bits per heavy atom. The number of rotatable bonds is 6. The summed E-state index contributed by atoms with van der Waals surface area (Å²) in [5.74, 6) is 0. The lowest BCUT2D eigenvalue weighted by Gasteiger charge is -2.10. The van der Waals surface area contributed by atoms with E-state index in [0.717, 1.165) is 77.0 Å². The number of hydrogen-bond acceptors (Lipinski definition) is 9. The van der Waals surface area contributed by atoms with Gasteiger partial charge >= 0.3 is 0 Å². The molecule has 0 amide bonds. The first-order valence-electron chi connectivity index (χ1n) is 15.7. The van der Waals surface area contributed by atoms with Crippen molar-refractivity contribution in [3.8, 4) is 0 Å². The Morgan fingerprint density at radius 2 is 1.12 bits per heavy atom. The summed E-state index contributed by atoms with van der Waals surface area (Å²) in [4.78, 5) is 31.5. The SMILES string of the molecule is CN(C)CCCc1nc2cc(Cl)cnc2n2c1nc1ccccc12.CN(C)CCN.Clc1cnc2c(c1)nc(Cl)c1nc3ccccc3n12. The summed E-state index contributed by atoms with van der Waals surface area (Å²) in [6, 6.07) is 19.5. The highest BCUT2D eigenvalue weighted by Crippen LogP contribution is 2.27. The summed E-state index contributed by atoms with van der Waals surface area (Å²) < 4.78 is 4.00. The smallest absolute Gasteiger partial charge is 0.177 e. The van der Waals surface area contributed by atoms with Gasteiger partial charge in [-0.25, -0.2) is 29.9 Å². The summed E-state index contributed by atoms with van der Waals surface area (Å²) in [7, 11) is 8.17. The van der Waals surface area contributed by atoms with Gasteiger partial charge in [0.1, 0.15) is 11.0 Å². The van der Waals surface area contributed by atoms with Gasteiger partial charge in [0.15, 0.2) is 27.7 Å². The minimum atomic E-state index is 0.341. The fraction of sp³-hybridized carbons (Fsp3) is 0.257. The van der Waals surface area contributed by atoms with Crippen molar-refractivity contribution in [2.45, 2.75) is 12.8 Å². The van der Waals surface area contributed by atoms with E-state index < -0.39 is 0 Å². The maximum absolute atomic E-state index is 6.19. The molecule has 2 aromatic carbocycles. The number of imidazole rings is 2. The number of fused-ring (bicyclic) bond motifs is 10. The van der Waals surface area contributed by atoms with Crippen LogP contribution in [0, 0.1) is 0 Å². The monoisotopic (exact) mass is 715 g/mol. The maximum Gasteiger partial charge on any atom is 0.177 e. The van der Waals surface area contributed by atoms with E-state index in [4.69, 9.17) is 50.5 Å². The lowest BCUT2D eigenvalue weighted by atomic mass is 10.2. The molecule has 0 fully saturated rings. The Labute approximate surface area is 298 Å². The second-order valence-corrected chi connectivity index (χ2v) is 13.2. The molecule has 8 rings (SSSR count). The molecule has 0 unspecified atom stereocenters. The van der Waals surface area contributed by atoms with Crippen molar-refractivity contribution in [1.29, 1.82) is 0 Å². The van der Waals surface area contributed by atoms with Crippen molar-refractivity contribution >= 4 is 90.5 Å². The second-order valence-electron chi connectivity index (χ2n) is 12.0. The first-order chi connectivity index (χ1) is 23.6. The third kappa shape index (κ3) is 7.52. The Balaban J connectivity index is 0.000000149. The molecule has 49 heavy (non-hydrogen) atoms. The van der Waals surface area contributed by atoms with Crippen LogP contribution in [0.15, 0.2) is 73.1 Å². The maximum atomic E-state index is 6.19. The van der Waals surface area contributed by atoms with Gasteiger partial charge in [0, 0.05) is 25.5 Å². The number of nitrogens with zero attached hydrogens (tertiary/aromatic N) is 10. The average molecular weight is 717 g/mol. The van der Waals surface area contributed by atoms with E-state index in [2.05, 4.69) is 54.3 Å². The fourth-order valence-electron chi connectivity index (χ4n) is 5.50. The summed E-state index contributed by atoms with van der Waals surface area (Å²) in [6.45, 7) is 2.76. The molecule has 8 aromatic rings. The molecule has 0 aliphatic rings. The largest absolute Gasteiger partial charge is 0.329 e. The molecular weight excluding hydrogens is 681 g/mol. The summed E-state index contributed by atoms with van der Waals surface area (Å²) in [6.07, 6.45) is 5.14. The lowest BCUT2D eigenvalue weighted by molar-refractivity contribution is 0.400. The highest BCUT2D eigenvalue weighted by molar-refractivity contribution is 6.33. The Kier molecular flexibility index (Phi) is 10.7. The van der Waals surface area contributed by atoms with Gasteiger partial charge in [-0.15, -0.1) is 0 Å². The van der Waals surface area contributed by atoms with Crippen LogP contribution in [0.4, 0.5) is 0 Å². The molecule has 6 aromatic heterocycles. The molecule has 0 aliphatic carbocycles. The molecule has 11 nitrogen and oxygen atoms in total. The van der Waals surface area contributed by atoms with Crippen molar-refractivity contribution in [2.75, 3.05) is 47.8 Å². The molecule has 2 N–H and O–H groups in total. The first kappa shape index (κ1) is 34.6. The van der Waals surface area contributed by atoms with Crippen LogP contribution in [0.3, 0.4) is 0 Å². The van der Waals surface area contributed by atoms with E-state index >= 15 is 0 Å². The van der Waals surface area contributed by atoms with Crippen molar-refractivity contribution in [3.05, 3.63) is 93.9 Å². The molecule has 0 spiro atoms. The quantitative estimate of drug-likeness (QED) is 0.198. The third-order valence-electron chi connectivity index (χ3n) is 7.68. The second kappa shape index (κ2) is 15.1. The Morgan fingerprint density at radius 3 is 1.65 bits per heavy atom. The number of hydrogen-bond donors (Lipinski definition) is 1. The topological polar surface area (TPSA) is 119 Å². The zero-order chi connectivity index (χ0) is 34.7. The van der Waals surface area contributed by atoms with Gasteiger partial charge in [0.2, 0.25) is 0 Å². The Hall–Kier alpha value is -4.23. The van der Waals surface area contributed by atoms with E-state index in [-0.39, 0.29) is 0 Å². The number of likely N-dealkylation sites (N-methyl/N-ethyl adjacent to an activating group) is 1. The van der Waals surface area contributed by atoms with Gasteiger partial charge < -0.3 is 15.5 Å². The third-order valence-corrected chi connectivity index (χ3v) is 8.35. The Bertz CT molecular complexity index is 2400. The zero-order valence-corrected chi connectivity index (χ0v) is 29.9. The first-order valence-corrected chi connectivity index (χ1v) is 16.9. The van der Waals surface area contributed by atoms with Crippen molar-refractivity contribution in [1.82, 2.24) is 48.5 Å². The van der Waals surface area contributed by atoms with Crippen molar-refractivity contribution in [2.24, 2.45) is 5.73 Å². The van der Waals surface area contributed by atoms with Crippen LogP contribution in [0.2, 0.25) is 15.2 Å². The molecule has 14 heteroatoms. The highest BCUT2D eigenvalue weighted by Gasteiger charge is 2.16. The summed E-state index contributed by atoms with van der Waals surface area (Å²) in [5.41, 5.74) is 14.4. The standard InChI is InChI=1S/C18H18ClN5.C13H6Cl2N4.C4H12N2/c1-23(2)9-5-7-14-18-22-13-6-3-4-8-16(13)24(18)17-15(21-14)10-12(19)11-20-17;14-7-5-9-12(16-6-7)19-10-4-2-1-3-8(10)18-13(19)11(15)17-9;1-6(2)4-3-5/h3-4,6,8,10-11H,5,7,9H2,1-2H3;1-6H;3-5H2,1-2H3. The van der Waals surface area contributed by atoms with Gasteiger partial charge in [-0.05, 0) is 84.0 Å². The van der Waals surface area contributed by atoms with Crippen LogP contribution < -0.4 is 5.73 Å². The van der Waals surface area contributed by atoms with Gasteiger partial charge in [-0.2, -0.15) is 0 Å². The molecule has 0 radical (unpaired) electrons. The number of para-hydroxylation sites is 4. The highest BCUT2D eigenvalue weighted by atomic mass is 35.5. The molecule has 252 valence electrons. The van der Waals surface area contributed by atoms with E-state index in [1.807, 2.05) is 67.0 Å². The van der Waals surface area contributed by atoms with E-state index in [1.54, 1.807) is 18.5 Å². The molecule has 6 heterocycles. The van der Waals surface area contributed by atoms with Crippen LogP contribution in [0.5, 0.6) is 0 Å². The van der Waals surface area contributed by atoms with E-state index in [1.165, 1.54) is 0 Å². The molecular formula is C35H36Cl3N11. The van der Waals surface area contributed by atoms with Crippen LogP contribution >= 0.6 is 34.8 Å². The molecule has 0 atom stereocenters. The minimum Gasteiger partial charge on any atom is -0.329 e. The van der Waals surface area contributed by atoms with Crippen LogP contribution in [-0.4, -0.2) is 96.3 Å². The number of aryl methyl sites for hydroxylation is 1. The zero-order valence-electron chi connectivity index (χ0n) is 27.6. The normalized spacial score (nSPS) is 11.6. The molecule has 0 saturated carbocycles. The number of nitrogens with two attached hydrogens (primary N) is 1. The number of aromatic nitrogens is 8. The van der Waals surface area contributed by atoms with Crippen LogP contribution in [0.1, 0.15) is 12.1 Å². The number of halogens is 3. The predicted molar refractivity (Wildman–Crippen MR) is 201 cm³/mol. The number of pyridine rings is 2. The molecule has 0 bridgehead atoms. The van der Waals surface area contributed by atoms with Crippen molar-refractivity contribution in [3.63, 3.8) is 0 Å². The average Bonchev–Trinajstić information content (AvgIpc) is 3.65. The van der Waals surface area contributed by atoms with E-state index in [9.17, 15) is 0 Å². The van der Waals surface area contributed by atoms with E-state index in [0.29, 0.717) is 32.0 Å². The molecule has 0 saturated heterocycles. The molecule has 0 aliphatic heterocycles. The lowest BCUT2D eigenvalue weighted by Crippen LogP contribution is -2.20. The van der Waals surface area contributed by atoms with Gasteiger partial charge in [0.05, 0.1) is 37.8 Å². The van der Waals surface area contributed by atoms with Gasteiger partial charge in [0.25, 0.3) is 0 Å². The van der Waals surface area contributed by atoms with Crippen LogP contribution in [-0.2, 0) is 6.42 Å². The van der Waals surface area contributed by atoms with Crippen molar-refractivity contribution < 1.29 is 0 Å². The fourth-order valence-corrected chi connectivity index (χ4v) is 6.03. The predicted octanol–water partition coefficient (Wildman–Crippen LogP) is 6.82. The summed E-state index contributed by atoms with van der Waals surface area (Å²) >= 11 is 18.3. The number of benzene rings is 2. The summed E-state index contributed by atoms with van der Waals surface area (Å²) in [5, 5.41) is 1.46. The van der Waals surface area contributed by atoms with Crippen LogP contribution in [0.25, 0.3) is 55.7 Å². The van der Waals surface area contributed by atoms with Gasteiger partial charge in [-0.3, -0.25) is 8.80 Å².